The fourth-order valence-corrected chi connectivity index (χ4v) is 3.85. The molecular weight excluding hydrogens is 478 g/mol. The monoisotopic (exact) mass is 502 g/mol. The molecule has 0 bridgehead atoms. The zero-order valence-corrected chi connectivity index (χ0v) is 18.6. The number of halogens is 2. The number of nitrogens with zero attached hydrogens (tertiary/aromatic N) is 2. The van der Waals surface area contributed by atoms with Crippen LogP contribution in [0.4, 0.5) is 4.39 Å². The molecular formula is C19H24FIN4OS. The van der Waals surface area contributed by atoms with Crippen LogP contribution >= 0.6 is 35.3 Å². The number of hydrogen-bond donors (Lipinski definition) is 2. The third kappa shape index (κ3) is 5.65. The van der Waals surface area contributed by atoms with Crippen LogP contribution in [0, 0.1) is 12.7 Å². The molecule has 0 unspecified atom stereocenters. The van der Waals surface area contributed by atoms with Crippen molar-refractivity contribution in [3.05, 3.63) is 57.0 Å². The molecule has 1 aromatic carbocycles. The van der Waals surface area contributed by atoms with Gasteiger partial charge in [0.05, 0.1) is 6.54 Å². The molecule has 2 aromatic rings. The Morgan fingerprint density at radius 1 is 1.33 bits per heavy atom. The number of rotatable bonds is 4. The van der Waals surface area contributed by atoms with Gasteiger partial charge in [0.25, 0.3) is 0 Å². The van der Waals surface area contributed by atoms with E-state index in [-0.39, 0.29) is 42.2 Å². The van der Waals surface area contributed by atoms with Crippen LogP contribution in [0.15, 0.2) is 34.6 Å². The van der Waals surface area contributed by atoms with E-state index < -0.39 is 0 Å². The van der Waals surface area contributed by atoms with Crippen molar-refractivity contribution < 1.29 is 9.18 Å². The summed E-state index contributed by atoms with van der Waals surface area (Å²) in [6.45, 7) is 3.88. The number of hydrogen-bond acceptors (Lipinski definition) is 3. The van der Waals surface area contributed by atoms with Crippen molar-refractivity contribution in [1.29, 1.82) is 0 Å². The highest BCUT2D eigenvalue weighted by molar-refractivity contribution is 14.0. The number of aryl methyl sites for hydroxylation is 1. The van der Waals surface area contributed by atoms with Crippen LogP contribution in [0.5, 0.6) is 0 Å². The van der Waals surface area contributed by atoms with E-state index in [9.17, 15) is 9.18 Å². The first-order chi connectivity index (χ1) is 12.6. The number of amides is 1. The molecule has 1 aliphatic heterocycles. The minimum absolute atomic E-state index is 0. The van der Waals surface area contributed by atoms with Gasteiger partial charge in [-0.1, -0.05) is 12.1 Å². The van der Waals surface area contributed by atoms with Crippen molar-refractivity contribution >= 4 is 47.2 Å². The molecule has 2 N–H and O–H groups in total. The number of carbonyl (C=O) groups excluding carboxylic acids is 1. The number of benzene rings is 1. The molecule has 0 aliphatic carbocycles. The number of aliphatic imine (C=N–C) groups is 1. The van der Waals surface area contributed by atoms with Crippen molar-refractivity contribution in [2.45, 2.75) is 26.4 Å². The average Bonchev–Trinajstić information content (AvgIpc) is 3.12. The summed E-state index contributed by atoms with van der Waals surface area (Å²) >= 11 is 1.76. The molecule has 3 rings (SSSR count). The molecule has 0 radical (unpaired) electrons. The lowest BCUT2D eigenvalue weighted by Crippen LogP contribution is -2.45. The summed E-state index contributed by atoms with van der Waals surface area (Å²) in [6.07, 6.45) is 0.926. The largest absolute Gasteiger partial charge is 0.352 e. The maximum Gasteiger partial charge on any atom is 0.242 e. The van der Waals surface area contributed by atoms with Crippen molar-refractivity contribution in [2.24, 2.45) is 4.99 Å². The summed E-state index contributed by atoms with van der Waals surface area (Å²) in [5.74, 6) is 0.396. The molecule has 1 amide bonds. The second kappa shape index (κ2) is 10.0. The van der Waals surface area contributed by atoms with E-state index in [0.717, 1.165) is 18.5 Å². The van der Waals surface area contributed by atoms with Crippen LogP contribution in [0.3, 0.4) is 0 Å². The van der Waals surface area contributed by atoms with Gasteiger partial charge in [0.2, 0.25) is 5.91 Å². The van der Waals surface area contributed by atoms with E-state index in [1.54, 1.807) is 37.4 Å². The van der Waals surface area contributed by atoms with E-state index in [4.69, 9.17) is 0 Å². The van der Waals surface area contributed by atoms with Gasteiger partial charge in [0, 0.05) is 31.6 Å². The normalized spacial score (nSPS) is 13.6. The summed E-state index contributed by atoms with van der Waals surface area (Å²) in [5.41, 5.74) is 2.82. The fraction of sp³-hybridized carbons (Fsp3) is 0.368. The summed E-state index contributed by atoms with van der Waals surface area (Å²) < 4.78 is 13.3. The smallest absolute Gasteiger partial charge is 0.242 e. The van der Waals surface area contributed by atoms with Gasteiger partial charge in [-0.15, -0.1) is 35.3 Å². The number of carbonyl (C=O) groups is 1. The highest BCUT2D eigenvalue weighted by Gasteiger charge is 2.21. The summed E-state index contributed by atoms with van der Waals surface area (Å²) in [4.78, 5) is 19.8. The van der Waals surface area contributed by atoms with Crippen LogP contribution in [0.2, 0.25) is 0 Å². The molecule has 27 heavy (non-hydrogen) atoms. The minimum atomic E-state index is -0.211. The minimum Gasteiger partial charge on any atom is -0.352 e. The van der Waals surface area contributed by atoms with Crippen LogP contribution in [-0.4, -0.2) is 36.9 Å². The first-order valence-corrected chi connectivity index (χ1v) is 9.47. The number of guanidine groups is 1. The Bertz CT molecular complexity index is 824. The Balaban J connectivity index is 0.00000261. The average molecular weight is 502 g/mol. The molecule has 0 spiro atoms. The van der Waals surface area contributed by atoms with Gasteiger partial charge >= 0.3 is 0 Å². The standard InChI is InChI=1S/C19H23FN4OS.HI/c1-13-9-14(3-4-16(13)20)10-22-19(21-2)23-11-18(25)24-7-5-17-15(12-24)6-8-26-17;/h3-4,6,8-9H,5,7,10-12H2,1-2H3,(H2,21,22,23);1H. The molecule has 0 saturated carbocycles. The van der Waals surface area contributed by atoms with Gasteiger partial charge in [-0.2, -0.15) is 0 Å². The highest BCUT2D eigenvalue weighted by atomic mass is 127. The second-order valence-electron chi connectivity index (χ2n) is 6.30. The van der Waals surface area contributed by atoms with Crippen molar-refractivity contribution in [3.63, 3.8) is 0 Å². The Kier molecular flexibility index (Phi) is 8.03. The fourth-order valence-electron chi connectivity index (χ4n) is 2.96. The van der Waals surface area contributed by atoms with E-state index in [1.807, 2.05) is 4.90 Å². The van der Waals surface area contributed by atoms with E-state index in [1.165, 1.54) is 16.5 Å². The topological polar surface area (TPSA) is 56.7 Å². The lowest BCUT2D eigenvalue weighted by atomic mass is 10.1. The van der Waals surface area contributed by atoms with Crippen molar-refractivity contribution in [3.8, 4) is 0 Å². The van der Waals surface area contributed by atoms with E-state index in [2.05, 4.69) is 27.1 Å². The van der Waals surface area contributed by atoms with Gasteiger partial charge in [0.1, 0.15) is 5.82 Å². The van der Waals surface area contributed by atoms with Crippen molar-refractivity contribution in [1.82, 2.24) is 15.5 Å². The molecule has 0 saturated heterocycles. The lowest BCUT2D eigenvalue weighted by molar-refractivity contribution is -0.130. The molecule has 0 fully saturated rings. The lowest BCUT2D eigenvalue weighted by Gasteiger charge is -2.27. The first kappa shape index (κ1) is 21.6. The summed E-state index contributed by atoms with van der Waals surface area (Å²) in [5, 5.41) is 8.29. The SMILES string of the molecule is CN=C(NCC(=O)N1CCc2sccc2C1)NCc1ccc(F)c(C)c1.I. The Morgan fingerprint density at radius 2 is 2.15 bits per heavy atom. The van der Waals surface area contributed by atoms with E-state index >= 15 is 0 Å². The van der Waals surface area contributed by atoms with Crippen molar-refractivity contribution in [2.75, 3.05) is 20.1 Å². The molecule has 5 nitrogen and oxygen atoms in total. The third-order valence-electron chi connectivity index (χ3n) is 4.47. The highest BCUT2D eigenvalue weighted by Crippen LogP contribution is 2.23. The van der Waals surface area contributed by atoms with Crippen LogP contribution in [0.1, 0.15) is 21.6 Å². The summed E-state index contributed by atoms with van der Waals surface area (Å²) in [6, 6.07) is 7.09. The Hall–Kier alpha value is -1.68. The van der Waals surface area contributed by atoms with Gasteiger partial charge in [-0.05, 0) is 47.5 Å². The molecule has 0 atom stereocenters. The quantitative estimate of drug-likeness (QED) is 0.384. The van der Waals surface area contributed by atoms with Gasteiger partial charge < -0.3 is 15.5 Å². The molecule has 1 aromatic heterocycles. The van der Waals surface area contributed by atoms with Crippen LogP contribution < -0.4 is 10.6 Å². The number of nitrogens with one attached hydrogen (secondary N) is 2. The number of fused-ring (bicyclic) bond motifs is 1. The van der Waals surface area contributed by atoms with Gasteiger partial charge in [-0.25, -0.2) is 4.39 Å². The zero-order valence-electron chi connectivity index (χ0n) is 15.4. The predicted octanol–water partition coefficient (Wildman–Crippen LogP) is 3.06. The maximum atomic E-state index is 13.3. The van der Waals surface area contributed by atoms with Gasteiger partial charge in [-0.3, -0.25) is 9.79 Å². The molecule has 146 valence electrons. The third-order valence-corrected chi connectivity index (χ3v) is 5.50. The first-order valence-electron chi connectivity index (χ1n) is 8.59. The molecule has 8 heteroatoms. The zero-order chi connectivity index (χ0) is 18.5. The number of thiophene rings is 1. The van der Waals surface area contributed by atoms with Gasteiger partial charge in [0.15, 0.2) is 5.96 Å². The van der Waals surface area contributed by atoms with Crippen LogP contribution in [-0.2, 0) is 24.3 Å². The maximum absolute atomic E-state index is 13.3. The van der Waals surface area contributed by atoms with E-state index in [0.29, 0.717) is 24.6 Å². The Morgan fingerprint density at radius 3 is 2.89 bits per heavy atom. The molecule has 2 heterocycles. The molecule has 1 aliphatic rings. The van der Waals surface area contributed by atoms with Crippen LogP contribution in [0.25, 0.3) is 0 Å². The summed E-state index contributed by atoms with van der Waals surface area (Å²) in [7, 11) is 1.66. The Labute approximate surface area is 180 Å². The second-order valence-corrected chi connectivity index (χ2v) is 7.30. The predicted molar refractivity (Wildman–Crippen MR) is 118 cm³/mol.